The van der Waals surface area contributed by atoms with Gasteiger partial charge in [0, 0.05) is 61.5 Å². The Bertz CT molecular complexity index is 1830. The average Bonchev–Trinajstić information content (AvgIpc) is 3.49. The van der Waals surface area contributed by atoms with Gasteiger partial charge >= 0.3 is 5.91 Å². The summed E-state index contributed by atoms with van der Waals surface area (Å²) in [7, 11) is 2.20. The second-order valence-corrected chi connectivity index (χ2v) is 18.2. The molecule has 6 atom stereocenters. The van der Waals surface area contributed by atoms with Crippen LogP contribution in [0.4, 0.5) is 11.5 Å². The minimum Gasteiger partial charge on any atom is -0.438 e. The van der Waals surface area contributed by atoms with E-state index < -0.39 is 5.41 Å². The van der Waals surface area contributed by atoms with Crippen molar-refractivity contribution in [2.75, 3.05) is 30.8 Å². The molecule has 4 heterocycles. The number of nitrogens with zero attached hydrogens (tertiary/aromatic N) is 4. The number of carbonyl (C=O) groups is 3. The molecule has 3 N–H and O–H groups in total. The number of aromatic nitrogens is 3. The summed E-state index contributed by atoms with van der Waals surface area (Å²) in [4.78, 5) is 45.6. The second kappa shape index (κ2) is 15.7. The minimum absolute atomic E-state index is 0.0744. The fourth-order valence-corrected chi connectivity index (χ4v) is 9.76. The van der Waals surface area contributed by atoms with Gasteiger partial charge in [0.05, 0.1) is 31.2 Å². The van der Waals surface area contributed by atoms with E-state index in [0.717, 1.165) is 38.8 Å². The average molecular weight is 745 g/mol. The first-order chi connectivity index (χ1) is 25.3. The van der Waals surface area contributed by atoms with Crippen LogP contribution in [0.5, 0.6) is 11.6 Å². The van der Waals surface area contributed by atoms with Gasteiger partial charge < -0.3 is 20.7 Å². The zero-order valence-electron chi connectivity index (χ0n) is 34.8. The molecule has 11 nitrogen and oxygen atoms in total. The van der Waals surface area contributed by atoms with Crippen LogP contribution in [0.15, 0.2) is 42.6 Å². The minimum atomic E-state index is -0.786. The Morgan fingerprint density at radius 3 is 2.37 bits per heavy atom. The first-order valence-electron chi connectivity index (χ1n) is 20.2. The highest BCUT2D eigenvalue weighted by atomic mass is 16.5. The van der Waals surface area contributed by atoms with Gasteiger partial charge in [-0.1, -0.05) is 67.4 Å². The molecule has 0 bridgehead atoms. The molecule has 1 spiro atoms. The molecule has 1 aromatic carbocycles. The Balaban J connectivity index is 1.36. The molecule has 2 saturated heterocycles. The van der Waals surface area contributed by atoms with Crippen molar-refractivity contribution in [3.8, 4) is 11.6 Å². The van der Waals surface area contributed by atoms with Gasteiger partial charge in [-0.05, 0) is 68.6 Å². The number of fused-ring (bicyclic) bond motifs is 1. The molecular formula is C43H66N7O4+. The number of hydrogen-bond donors (Lipinski definition) is 3. The molecule has 0 aliphatic carbocycles. The smallest absolute Gasteiger partial charge is 0.317 e. The standard InChI is InChI=1S/C43H65N7O4/c1-12-20-42(10,39(53)47-35-25-49-36(46-35)18-19-37(48-49)54-34-17-15-16-33(21-34)45-31(6)51)24-32(13-2)38(52)50(11)29(4)22-40(7,8)43(27-44-28-43)26-41(9,14-3)23-30(50)5/h15-19,21,25,29-30,32,44H,12-14,20,22-24,26-28H2,1-11H3,(H-,45,47,51,53)/p+1. The number of nitrogens with one attached hydrogen (secondary N) is 3. The third-order valence-corrected chi connectivity index (χ3v) is 13.7. The van der Waals surface area contributed by atoms with Gasteiger partial charge in [-0.25, -0.2) is 14.3 Å². The predicted molar refractivity (Wildman–Crippen MR) is 215 cm³/mol. The van der Waals surface area contributed by atoms with Gasteiger partial charge in [-0.2, -0.15) is 0 Å². The third-order valence-electron chi connectivity index (χ3n) is 13.7. The lowest BCUT2D eigenvalue weighted by molar-refractivity contribution is -0.885. The maximum absolute atomic E-state index is 15.2. The highest BCUT2D eigenvalue weighted by Gasteiger charge is 2.58. The van der Waals surface area contributed by atoms with Crippen molar-refractivity contribution in [1.29, 1.82) is 0 Å². The Morgan fingerprint density at radius 1 is 1.06 bits per heavy atom. The highest BCUT2D eigenvalue weighted by molar-refractivity contribution is 5.95. The van der Waals surface area contributed by atoms with Gasteiger partial charge in [-0.3, -0.25) is 14.1 Å². The number of benzene rings is 1. The van der Waals surface area contributed by atoms with Crippen molar-refractivity contribution >= 4 is 34.9 Å². The van der Waals surface area contributed by atoms with Gasteiger partial charge in [0.15, 0.2) is 11.5 Å². The van der Waals surface area contributed by atoms with Crippen molar-refractivity contribution in [2.24, 2.45) is 27.6 Å². The van der Waals surface area contributed by atoms with E-state index in [2.05, 4.69) is 88.5 Å². The highest BCUT2D eigenvalue weighted by Crippen LogP contribution is 2.56. The molecule has 296 valence electrons. The molecular weight excluding hydrogens is 679 g/mol. The third kappa shape index (κ3) is 8.22. The summed E-state index contributed by atoms with van der Waals surface area (Å²) in [6.45, 7) is 24.0. The number of amides is 3. The van der Waals surface area contributed by atoms with Crippen LogP contribution < -0.4 is 20.7 Å². The Labute approximate surface area is 323 Å². The summed E-state index contributed by atoms with van der Waals surface area (Å²) >= 11 is 0. The Kier molecular flexibility index (Phi) is 12.0. The van der Waals surface area contributed by atoms with E-state index in [9.17, 15) is 9.59 Å². The largest absolute Gasteiger partial charge is 0.438 e. The van der Waals surface area contributed by atoms with E-state index in [1.165, 1.54) is 13.3 Å². The van der Waals surface area contributed by atoms with Crippen LogP contribution in [-0.4, -0.2) is 69.0 Å². The van der Waals surface area contributed by atoms with Crippen molar-refractivity contribution in [1.82, 2.24) is 19.9 Å². The van der Waals surface area contributed by atoms with Crippen molar-refractivity contribution in [3.05, 3.63) is 42.6 Å². The van der Waals surface area contributed by atoms with E-state index in [1.54, 1.807) is 47.1 Å². The molecule has 11 heteroatoms. The normalized spacial score (nSPS) is 26.7. The van der Waals surface area contributed by atoms with E-state index >= 15 is 4.79 Å². The first kappa shape index (κ1) is 41.3. The van der Waals surface area contributed by atoms with Crippen LogP contribution in [-0.2, 0) is 14.4 Å². The quantitative estimate of drug-likeness (QED) is 0.159. The van der Waals surface area contributed by atoms with E-state index in [1.807, 2.05) is 6.92 Å². The topological polar surface area (TPSA) is 127 Å². The van der Waals surface area contributed by atoms with E-state index in [4.69, 9.17) is 4.74 Å². The molecule has 54 heavy (non-hydrogen) atoms. The number of carbonyl (C=O) groups excluding carboxylic acids is 3. The fourth-order valence-electron chi connectivity index (χ4n) is 9.76. The van der Waals surface area contributed by atoms with Crippen LogP contribution in [0.2, 0.25) is 0 Å². The number of quaternary nitrogens is 1. The molecule has 0 radical (unpaired) electrons. The van der Waals surface area contributed by atoms with E-state index in [-0.39, 0.29) is 52.0 Å². The molecule has 3 amide bonds. The number of anilines is 2. The number of rotatable bonds is 12. The summed E-state index contributed by atoms with van der Waals surface area (Å²) in [5.41, 5.74) is 0.829. The lowest BCUT2D eigenvalue weighted by Gasteiger charge is -2.57. The van der Waals surface area contributed by atoms with Gasteiger partial charge in [0.2, 0.25) is 17.7 Å². The Morgan fingerprint density at radius 2 is 1.76 bits per heavy atom. The predicted octanol–water partition coefficient (Wildman–Crippen LogP) is 8.61. The first-order valence-corrected chi connectivity index (χ1v) is 20.2. The summed E-state index contributed by atoms with van der Waals surface area (Å²) in [6.07, 6.45) is 8.52. The summed E-state index contributed by atoms with van der Waals surface area (Å²) in [6, 6.07) is 10.9. The van der Waals surface area contributed by atoms with Crippen LogP contribution in [0, 0.1) is 27.6 Å². The van der Waals surface area contributed by atoms with Crippen molar-refractivity contribution in [3.63, 3.8) is 0 Å². The van der Waals surface area contributed by atoms with Crippen LogP contribution in [0.25, 0.3) is 5.65 Å². The molecule has 2 aliphatic heterocycles. The molecule has 0 saturated carbocycles. The number of hydrogen-bond acceptors (Lipinski definition) is 7. The zero-order valence-corrected chi connectivity index (χ0v) is 34.8. The van der Waals surface area contributed by atoms with Crippen molar-refractivity contribution < 1.29 is 23.6 Å². The fraction of sp³-hybridized carbons (Fsp3) is 0.651. The Hall–Kier alpha value is -3.83. The molecule has 3 aromatic rings. The SMILES string of the molecule is CCCC(C)(CC(CC)C(=O)[N+]1(C)C(C)CC(C)(CC)CC2(CNC2)C(C)(C)CC1C)C(=O)Nc1cn2nc(Oc3cccc(NC(C)=O)c3)ccc2n1. The zero-order chi connectivity index (χ0) is 39.7. The van der Waals surface area contributed by atoms with Gasteiger partial charge in [0.25, 0.3) is 0 Å². The maximum Gasteiger partial charge on any atom is 0.317 e. The van der Waals surface area contributed by atoms with Crippen molar-refractivity contribution in [2.45, 2.75) is 133 Å². The van der Waals surface area contributed by atoms with Crippen LogP contribution in [0.3, 0.4) is 0 Å². The molecule has 2 fully saturated rings. The lowest BCUT2D eigenvalue weighted by atomic mass is 9.53. The number of imidazole rings is 1. The van der Waals surface area contributed by atoms with Gasteiger partial charge in [-0.15, -0.1) is 5.10 Å². The number of ether oxygens (including phenoxy) is 1. The van der Waals surface area contributed by atoms with E-state index in [0.29, 0.717) is 52.5 Å². The maximum atomic E-state index is 15.2. The lowest BCUT2D eigenvalue weighted by Crippen LogP contribution is -2.65. The molecule has 2 aromatic heterocycles. The van der Waals surface area contributed by atoms with Crippen LogP contribution >= 0.6 is 0 Å². The molecule has 5 rings (SSSR count). The summed E-state index contributed by atoms with van der Waals surface area (Å²) in [5, 5.41) is 14.0. The molecule has 2 aliphatic rings. The monoisotopic (exact) mass is 745 g/mol. The summed E-state index contributed by atoms with van der Waals surface area (Å²) in [5.74, 6) is 0.920. The summed E-state index contributed by atoms with van der Waals surface area (Å²) < 4.78 is 7.94. The van der Waals surface area contributed by atoms with Gasteiger partial charge in [0.1, 0.15) is 5.75 Å². The second-order valence-electron chi connectivity index (χ2n) is 18.2. The van der Waals surface area contributed by atoms with Crippen LogP contribution in [0.1, 0.15) is 121 Å². The molecule has 6 unspecified atom stereocenters.